The minimum absolute atomic E-state index is 0.112. The first-order chi connectivity index (χ1) is 7.33. The summed E-state index contributed by atoms with van der Waals surface area (Å²) >= 11 is 0. The van der Waals surface area contributed by atoms with Crippen molar-refractivity contribution in [2.24, 2.45) is 0 Å². The lowest BCUT2D eigenvalue weighted by Crippen LogP contribution is -2.24. The Bertz CT molecular complexity index is 306. The van der Waals surface area contributed by atoms with Crippen molar-refractivity contribution >= 4 is 5.91 Å². The molecule has 0 atom stereocenters. The van der Waals surface area contributed by atoms with Crippen LogP contribution in [0.3, 0.4) is 0 Å². The van der Waals surface area contributed by atoms with E-state index in [0.29, 0.717) is 13.0 Å². The van der Waals surface area contributed by atoms with E-state index in [1.165, 1.54) is 5.56 Å². The first kappa shape index (κ1) is 11.5. The van der Waals surface area contributed by atoms with Crippen molar-refractivity contribution in [3.63, 3.8) is 0 Å². The first-order valence-corrected chi connectivity index (χ1v) is 5.24. The van der Waals surface area contributed by atoms with Crippen LogP contribution in [0.5, 0.6) is 0 Å². The van der Waals surface area contributed by atoms with Crippen LogP contribution in [0.1, 0.15) is 18.4 Å². The Morgan fingerprint density at radius 3 is 2.73 bits per heavy atom. The number of carbonyl (C=O) groups excluding carboxylic acids is 1. The van der Waals surface area contributed by atoms with Crippen LogP contribution in [0, 0.1) is 0 Å². The van der Waals surface area contributed by atoms with Crippen molar-refractivity contribution in [3.8, 4) is 0 Å². The third kappa shape index (κ3) is 5.01. The largest absolute Gasteiger partial charge is 0.356 e. The summed E-state index contributed by atoms with van der Waals surface area (Å²) in [5.41, 5.74) is 1.20. The molecule has 2 heteroatoms. The maximum Gasteiger partial charge on any atom is 0.220 e. The van der Waals surface area contributed by atoms with Gasteiger partial charge in [0.05, 0.1) is 0 Å². The van der Waals surface area contributed by atoms with Gasteiger partial charge in [0.2, 0.25) is 5.91 Å². The van der Waals surface area contributed by atoms with Gasteiger partial charge >= 0.3 is 0 Å². The number of carbonyl (C=O) groups is 1. The molecule has 0 aliphatic rings. The van der Waals surface area contributed by atoms with Crippen LogP contribution in [-0.2, 0) is 11.2 Å². The molecule has 0 heterocycles. The zero-order valence-corrected chi connectivity index (χ0v) is 8.91. The molecule has 15 heavy (non-hydrogen) atoms. The summed E-state index contributed by atoms with van der Waals surface area (Å²) in [6.45, 7) is 4.29. The lowest BCUT2D eigenvalue weighted by molar-refractivity contribution is -0.121. The highest BCUT2D eigenvalue weighted by Crippen LogP contribution is 2.01. The van der Waals surface area contributed by atoms with Gasteiger partial charge in [0.25, 0.3) is 0 Å². The molecule has 0 saturated carbocycles. The van der Waals surface area contributed by atoms with Crippen molar-refractivity contribution < 1.29 is 4.79 Å². The van der Waals surface area contributed by atoms with Gasteiger partial charge in [0, 0.05) is 13.0 Å². The Morgan fingerprint density at radius 2 is 2.07 bits per heavy atom. The molecule has 1 rings (SSSR count). The van der Waals surface area contributed by atoms with Gasteiger partial charge in [-0.1, -0.05) is 36.4 Å². The Kier molecular flexibility index (Phi) is 5.23. The maximum absolute atomic E-state index is 11.3. The monoisotopic (exact) mass is 203 g/mol. The Balaban J connectivity index is 2.20. The predicted octanol–water partition coefficient (Wildman–Crippen LogP) is 2.31. The van der Waals surface area contributed by atoms with E-state index in [0.717, 1.165) is 12.8 Å². The molecule has 1 amide bonds. The summed E-state index contributed by atoms with van der Waals surface area (Å²) in [7, 11) is 0. The molecule has 0 bridgehead atoms. The molecular formula is C13H17NO. The van der Waals surface area contributed by atoms with Gasteiger partial charge in [-0.2, -0.15) is 0 Å². The van der Waals surface area contributed by atoms with E-state index in [-0.39, 0.29) is 5.91 Å². The number of hydrogen-bond acceptors (Lipinski definition) is 1. The number of amides is 1. The zero-order valence-electron chi connectivity index (χ0n) is 8.91. The van der Waals surface area contributed by atoms with Gasteiger partial charge in [-0.15, -0.1) is 6.58 Å². The van der Waals surface area contributed by atoms with Gasteiger partial charge in [-0.05, 0) is 18.4 Å². The van der Waals surface area contributed by atoms with Gasteiger partial charge in [-0.25, -0.2) is 0 Å². The van der Waals surface area contributed by atoms with Crippen LogP contribution in [-0.4, -0.2) is 12.5 Å². The van der Waals surface area contributed by atoms with Crippen LogP contribution in [0.25, 0.3) is 0 Å². The molecule has 0 aromatic heterocycles. The van der Waals surface area contributed by atoms with Crippen molar-refractivity contribution in [2.75, 3.05) is 6.54 Å². The van der Waals surface area contributed by atoms with Gasteiger partial charge < -0.3 is 5.32 Å². The molecule has 0 saturated heterocycles. The molecule has 0 unspecified atom stereocenters. The lowest BCUT2D eigenvalue weighted by Gasteiger charge is -2.03. The molecule has 1 aromatic rings. The van der Waals surface area contributed by atoms with Crippen LogP contribution < -0.4 is 5.32 Å². The highest BCUT2D eigenvalue weighted by molar-refractivity contribution is 5.76. The Hall–Kier alpha value is -1.57. The molecule has 0 radical (unpaired) electrons. The number of nitrogens with one attached hydrogen (secondary N) is 1. The van der Waals surface area contributed by atoms with E-state index >= 15 is 0 Å². The van der Waals surface area contributed by atoms with Crippen molar-refractivity contribution in [2.45, 2.75) is 19.3 Å². The molecule has 80 valence electrons. The summed E-state index contributed by atoms with van der Waals surface area (Å²) in [5, 5.41) is 2.84. The number of benzene rings is 1. The second kappa shape index (κ2) is 6.82. The fraction of sp³-hybridized carbons (Fsp3) is 0.308. The van der Waals surface area contributed by atoms with E-state index in [2.05, 4.69) is 11.9 Å². The minimum atomic E-state index is 0.112. The third-order valence-electron chi connectivity index (χ3n) is 2.15. The molecule has 0 aliphatic heterocycles. The molecule has 2 nitrogen and oxygen atoms in total. The van der Waals surface area contributed by atoms with Crippen molar-refractivity contribution in [1.82, 2.24) is 5.32 Å². The average Bonchev–Trinajstić information content (AvgIpc) is 2.28. The van der Waals surface area contributed by atoms with Gasteiger partial charge in [0.15, 0.2) is 0 Å². The number of aryl methyl sites for hydroxylation is 1. The van der Waals surface area contributed by atoms with Crippen LogP contribution in [0.2, 0.25) is 0 Å². The van der Waals surface area contributed by atoms with Crippen molar-refractivity contribution in [1.29, 1.82) is 0 Å². The molecule has 1 N–H and O–H groups in total. The second-order valence-corrected chi connectivity index (χ2v) is 3.41. The highest BCUT2D eigenvalue weighted by atomic mass is 16.1. The van der Waals surface area contributed by atoms with Gasteiger partial charge in [0.1, 0.15) is 0 Å². The van der Waals surface area contributed by atoms with Crippen molar-refractivity contribution in [3.05, 3.63) is 48.6 Å². The van der Waals surface area contributed by atoms with Gasteiger partial charge in [-0.3, -0.25) is 4.79 Å². The van der Waals surface area contributed by atoms with E-state index in [1.54, 1.807) is 6.08 Å². The Morgan fingerprint density at radius 1 is 1.33 bits per heavy atom. The van der Waals surface area contributed by atoms with E-state index in [9.17, 15) is 4.79 Å². The minimum Gasteiger partial charge on any atom is -0.356 e. The standard InChI is InChI=1S/C13H17NO/c1-2-3-11-14-13(15)10-9-12-7-5-4-6-8-12/h2,4-8H,1,3,9-11H2,(H,14,15). The van der Waals surface area contributed by atoms with Crippen LogP contribution in [0.4, 0.5) is 0 Å². The quantitative estimate of drug-likeness (QED) is 0.558. The van der Waals surface area contributed by atoms with E-state index in [4.69, 9.17) is 0 Å². The summed E-state index contributed by atoms with van der Waals surface area (Å²) in [5.74, 6) is 0.112. The maximum atomic E-state index is 11.3. The smallest absolute Gasteiger partial charge is 0.220 e. The van der Waals surface area contributed by atoms with E-state index < -0.39 is 0 Å². The summed E-state index contributed by atoms with van der Waals surface area (Å²) in [4.78, 5) is 11.3. The summed E-state index contributed by atoms with van der Waals surface area (Å²) < 4.78 is 0. The number of hydrogen-bond donors (Lipinski definition) is 1. The summed E-state index contributed by atoms with van der Waals surface area (Å²) in [6, 6.07) is 10.0. The lowest BCUT2D eigenvalue weighted by atomic mass is 10.1. The first-order valence-electron chi connectivity index (χ1n) is 5.24. The Labute approximate surface area is 91.0 Å². The topological polar surface area (TPSA) is 29.1 Å². The van der Waals surface area contributed by atoms with Crippen LogP contribution >= 0.6 is 0 Å². The second-order valence-electron chi connectivity index (χ2n) is 3.41. The molecule has 0 spiro atoms. The average molecular weight is 203 g/mol. The summed E-state index contributed by atoms with van der Waals surface area (Å²) in [6.07, 6.45) is 4.00. The number of rotatable bonds is 6. The van der Waals surface area contributed by atoms with Crippen LogP contribution in [0.15, 0.2) is 43.0 Å². The molecular weight excluding hydrogens is 186 g/mol. The third-order valence-corrected chi connectivity index (χ3v) is 2.15. The highest BCUT2D eigenvalue weighted by Gasteiger charge is 2.00. The normalized spacial score (nSPS) is 9.60. The predicted molar refractivity (Wildman–Crippen MR) is 62.6 cm³/mol. The molecule has 0 aliphatic carbocycles. The van der Waals surface area contributed by atoms with E-state index in [1.807, 2.05) is 30.3 Å². The fourth-order valence-electron chi connectivity index (χ4n) is 1.30. The zero-order chi connectivity index (χ0) is 10.9. The molecule has 0 fully saturated rings. The SMILES string of the molecule is C=CCCNC(=O)CCc1ccccc1. The fourth-order valence-corrected chi connectivity index (χ4v) is 1.30. The molecule has 1 aromatic carbocycles.